The van der Waals surface area contributed by atoms with Crippen molar-refractivity contribution in [2.45, 2.75) is 18.2 Å². The number of nitrogens with zero attached hydrogens (tertiary/aromatic N) is 1. The van der Waals surface area contributed by atoms with Crippen LogP contribution in [-0.4, -0.2) is 43.9 Å². The van der Waals surface area contributed by atoms with Gasteiger partial charge in [-0.2, -0.15) is 4.31 Å². The van der Waals surface area contributed by atoms with Crippen molar-refractivity contribution < 1.29 is 18.3 Å². The van der Waals surface area contributed by atoms with Gasteiger partial charge >= 0.3 is 0 Å². The van der Waals surface area contributed by atoms with E-state index in [-0.39, 0.29) is 18.0 Å². The van der Waals surface area contributed by atoms with E-state index in [1.54, 1.807) is 13.0 Å². The van der Waals surface area contributed by atoms with Crippen LogP contribution in [0.5, 0.6) is 0 Å². The maximum absolute atomic E-state index is 12.2. The highest BCUT2D eigenvalue weighted by Gasteiger charge is 2.22. The van der Waals surface area contributed by atoms with E-state index < -0.39 is 15.9 Å². The fourth-order valence-electron chi connectivity index (χ4n) is 1.63. The third-order valence-electron chi connectivity index (χ3n) is 2.74. The molecule has 3 N–H and O–H groups in total. The van der Waals surface area contributed by atoms with Gasteiger partial charge in [-0.05, 0) is 30.7 Å². The number of aliphatic hydroxyl groups is 1. The highest BCUT2D eigenvalue weighted by molar-refractivity contribution is 7.89. The number of primary amides is 1. The molecule has 0 spiro atoms. The lowest BCUT2D eigenvalue weighted by Crippen LogP contribution is -2.35. The molecule has 0 bridgehead atoms. The Labute approximate surface area is 124 Å². The van der Waals surface area contributed by atoms with Crippen molar-refractivity contribution in [3.05, 3.63) is 29.3 Å². The first-order valence-electron chi connectivity index (χ1n) is 6.24. The van der Waals surface area contributed by atoms with Gasteiger partial charge in [-0.3, -0.25) is 4.79 Å². The van der Waals surface area contributed by atoms with Gasteiger partial charge in [0.05, 0.1) is 18.0 Å². The number of hydrogen-bond donors (Lipinski definition) is 2. The molecule has 1 aromatic carbocycles. The summed E-state index contributed by atoms with van der Waals surface area (Å²) in [6.07, 6.45) is 0.362. The Morgan fingerprint density at radius 2 is 2.10 bits per heavy atom. The second kappa shape index (κ2) is 7.22. The molecule has 0 fully saturated rings. The lowest BCUT2D eigenvalue weighted by Gasteiger charge is -2.15. The number of benzene rings is 1. The Hall–Kier alpha value is -1.88. The van der Waals surface area contributed by atoms with Crippen molar-refractivity contribution >= 4 is 15.9 Å². The highest BCUT2D eigenvalue weighted by Crippen LogP contribution is 2.18. The van der Waals surface area contributed by atoms with Gasteiger partial charge in [0.2, 0.25) is 15.9 Å². The van der Waals surface area contributed by atoms with Gasteiger partial charge in [0.25, 0.3) is 0 Å². The first-order chi connectivity index (χ1) is 9.78. The van der Waals surface area contributed by atoms with E-state index in [4.69, 9.17) is 10.8 Å². The van der Waals surface area contributed by atoms with Crippen LogP contribution in [0.4, 0.5) is 0 Å². The number of hydrogen-bond acceptors (Lipinski definition) is 4. The Kier molecular flexibility index (Phi) is 5.90. The second-order valence-electron chi connectivity index (χ2n) is 4.48. The zero-order valence-electron chi connectivity index (χ0n) is 12.0. The van der Waals surface area contributed by atoms with Crippen LogP contribution in [0.3, 0.4) is 0 Å². The monoisotopic (exact) mass is 310 g/mol. The highest BCUT2D eigenvalue weighted by atomic mass is 32.2. The minimum atomic E-state index is -3.75. The Bertz CT molecular complexity index is 687. The van der Waals surface area contributed by atoms with Crippen LogP contribution < -0.4 is 5.73 Å². The molecule has 6 nitrogen and oxygen atoms in total. The third-order valence-corrected chi connectivity index (χ3v) is 4.54. The Balaban J connectivity index is 3.09. The average Bonchev–Trinajstić information content (AvgIpc) is 2.39. The molecule has 0 saturated heterocycles. The molecule has 1 rings (SSSR count). The van der Waals surface area contributed by atoms with E-state index in [9.17, 15) is 13.2 Å². The van der Waals surface area contributed by atoms with E-state index in [2.05, 4.69) is 11.8 Å². The summed E-state index contributed by atoms with van der Waals surface area (Å²) in [4.78, 5) is 10.9. The van der Waals surface area contributed by atoms with E-state index >= 15 is 0 Å². The molecular formula is C14H18N2O4S. The standard InChI is InChI=1S/C14H18N2O4S/c1-11-9-13(7-6-12(11)5-3-4-8-17)21(19,20)16(2)10-14(15)18/h6-7,9,17H,4,8,10H2,1-2H3,(H2,15,18). The van der Waals surface area contributed by atoms with Gasteiger partial charge in [0.1, 0.15) is 0 Å². The molecule has 0 heterocycles. The van der Waals surface area contributed by atoms with Gasteiger partial charge in [0, 0.05) is 19.0 Å². The van der Waals surface area contributed by atoms with Crippen molar-refractivity contribution in [1.29, 1.82) is 0 Å². The Morgan fingerprint density at radius 3 is 2.62 bits per heavy atom. The number of nitrogens with two attached hydrogens (primary N) is 1. The summed E-state index contributed by atoms with van der Waals surface area (Å²) in [6, 6.07) is 4.53. The van der Waals surface area contributed by atoms with Crippen LogP contribution >= 0.6 is 0 Å². The number of carbonyl (C=O) groups excluding carboxylic acids is 1. The van der Waals surface area contributed by atoms with E-state index in [0.29, 0.717) is 17.5 Å². The number of aliphatic hydroxyl groups excluding tert-OH is 1. The average molecular weight is 310 g/mol. The maximum atomic E-state index is 12.2. The first kappa shape index (κ1) is 17.2. The third kappa shape index (κ3) is 4.56. The molecule has 0 aromatic heterocycles. The minimum Gasteiger partial charge on any atom is -0.395 e. The van der Waals surface area contributed by atoms with E-state index in [1.807, 2.05) is 0 Å². The Morgan fingerprint density at radius 1 is 1.43 bits per heavy atom. The molecule has 0 aliphatic rings. The summed E-state index contributed by atoms with van der Waals surface area (Å²) in [5.74, 6) is 4.92. The molecule has 7 heteroatoms. The molecule has 21 heavy (non-hydrogen) atoms. The van der Waals surface area contributed by atoms with E-state index in [1.165, 1.54) is 19.2 Å². The maximum Gasteiger partial charge on any atom is 0.243 e. The summed E-state index contributed by atoms with van der Waals surface area (Å²) >= 11 is 0. The molecule has 0 atom stereocenters. The zero-order valence-corrected chi connectivity index (χ0v) is 12.8. The summed E-state index contributed by atoms with van der Waals surface area (Å²) in [5.41, 5.74) is 6.40. The van der Waals surface area contributed by atoms with Crippen molar-refractivity contribution in [3.63, 3.8) is 0 Å². The van der Waals surface area contributed by atoms with Gasteiger partial charge in [-0.15, -0.1) is 0 Å². The summed E-state index contributed by atoms with van der Waals surface area (Å²) in [7, 11) is -2.46. The van der Waals surface area contributed by atoms with Gasteiger partial charge in [0.15, 0.2) is 0 Å². The van der Waals surface area contributed by atoms with Crippen LogP contribution in [0, 0.1) is 18.8 Å². The quantitative estimate of drug-likeness (QED) is 0.738. The molecule has 1 aromatic rings. The molecule has 114 valence electrons. The van der Waals surface area contributed by atoms with Crippen molar-refractivity contribution in [3.8, 4) is 11.8 Å². The number of carbonyl (C=O) groups is 1. The molecule has 0 unspecified atom stereocenters. The number of amides is 1. The minimum absolute atomic E-state index is 0.0174. The largest absolute Gasteiger partial charge is 0.395 e. The van der Waals surface area contributed by atoms with Crippen LogP contribution in [-0.2, 0) is 14.8 Å². The smallest absolute Gasteiger partial charge is 0.243 e. The predicted octanol–water partition coefficient (Wildman–Crippen LogP) is -0.165. The zero-order chi connectivity index (χ0) is 16.0. The number of sulfonamides is 1. The predicted molar refractivity (Wildman–Crippen MR) is 78.8 cm³/mol. The molecule has 0 aliphatic carbocycles. The molecule has 1 amide bonds. The van der Waals surface area contributed by atoms with Crippen LogP contribution in [0.25, 0.3) is 0 Å². The molecule has 0 saturated carbocycles. The lowest BCUT2D eigenvalue weighted by atomic mass is 10.1. The summed E-state index contributed by atoms with van der Waals surface area (Å²) < 4.78 is 25.4. The van der Waals surface area contributed by atoms with Crippen LogP contribution in [0.2, 0.25) is 0 Å². The van der Waals surface area contributed by atoms with Crippen LogP contribution in [0.1, 0.15) is 17.5 Å². The second-order valence-corrected chi connectivity index (χ2v) is 6.52. The normalized spacial score (nSPS) is 11.0. The lowest BCUT2D eigenvalue weighted by molar-refractivity contribution is -0.118. The van der Waals surface area contributed by atoms with Gasteiger partial charge in [-0.25, -0.2) is 8.42 Å². The molecule has 0 aliphatic heterocycles. The molecular weight excluding hydrogens is 292 g/mol. The first-order valence-corrected chi connectivity index (χ1v) is 7.68. The van der Waals surface area contributed by atoms with Crippen molar-refractivity contribution in [1.82, 2.24) is 4.31 Å². The van der Waals surface area contributed by atoms with Crippen LogP contribution in [0.15, 0.2) is 23.1 Å². The number of likely N-dealkylation sites (N-methyl/N-ethyl adjacent to an activating group) is 1. The SMILES string of the molecule is Cc1cc(S(=O)(=O)N(C)CC(N)=O)ccc1C#CCCO. The van der Waals surface area contributed by atoms with Gasteiger partial charge in [-0.1, -0.05) is 11.8 Å². The fraction of sp³-hybridized carbons (Fsp3) is 0.357. The summed E-state index contributed by atoms with van der Waals surface area (Å²) in [6.45, 7) is 1.35. The number of rotatable bonds is 5. The van der Waals surface area contributed by atoms with Gasteiger partial charge < -0.3 is 10.8 Å². The van der Waals surface area contributed by atoms with Crippen molar-refractivity contribution in [2.24, 2.45) is 5.73 Å². The number of aryl methyl sites for hydroxylation is 1. The topological polar surface area (TPSA) is 101 Å². The fourth-order valence-corrected chi connectivity index (χ4v) is 2.86. The summed E-state index contributed by atoms with van der Waals surface area (Å²) in [5, 5.41) is 8.67. The van der Waals surface area contributed by atoms with Crippen molar-refractivity contribution in [2.75, 3.05) is 20.2 Å². The molecule has 0 radical (unpaired) electrons. The van der Waals surface area contributed by atoms with E-state index in [0.717, 1.165) is 4.31 Å².